The van der Waals surface area contributed by atoms with Crippen LogP contribution in [-0.2, 0) is 9.59 Å². The van der Waals surface area contributed by atoms with Crippen molar-refractivity contribution in [2.24, 2.45) is 11.8 Å². The normalized spacial score (nSPS) is 11.1. The molecule has 0 aliphatic carbocycles. The van der Waals surface area contributed by atoms with Gasteiger partial charge in [-0.1, -0.05) is 81.8 Å². The van der Waals surface area contributed by atoms with Crippen molar-refractivity contribution in [2.75, 3.05) is 18.4 Å². The number of anilines is 1. The van der Waals surface area contributed by atoms with Gasteiger partial charge in [-0.2, -0.15) is 5.10 Å². The molecular formula is C25H29ClN4O2. The second kappa shape index (κ2) is 10.5. The predicted molar refractivity (Wildman–Crippen MR) is 129 cm³/mol. The highest BCUT2D eigenvalue weighted by molar-refractivity contribution is 6.32. The molecule has 0 unspecified atom stereocenters. The van der Waals surface area contributed by atoms with Crippen molar-refractivity contribution in [3.63, 3.8) is 0 Å². The maximum Gasteiger partial charge on any atom is 0.245 e. The van der Waals surface area contributed by atoms with E-state index in [1.807, 2.05) is 82.3 Å². The van der Waals surface area contributed by atoms with E-state index in [4.69, 9.17) is 16.7 Å². The van der Waals surface area contributed by atoms with Gasteiger partial charge in [0.25, 0.3) is 0 Å². The molecule has 6 nitrogen and oxygen atoms in total. The van der Waals surface area contributed by atoms with Gasteiger partial charge in [-0.05, 0) is 18.1 Å². The van der Waals surface area contributed by atoms with Gasteiger partial charge in [-0.15, -0.1) is 0 Å². The molecule has 2 aromatic carbocycles. The molecular weight excluding hydrogens is 424 g/mol. The molecule has 0 atom stereocenters. The number of aromatic nitrogens is 2. The van der Waals surface area contributed by atoms with Crippen LogP contribution in [0.1, 0.15) is 27.7 Å². The number of para-hydroxylation sites is 1. The second-order valence-corrected chi connectivity index (χ2v) is 8.87. The fourth-order valence-electron chi connectivity index (χ4n) is 3.42. The molecule has 1 N–H and O–H groups in total. The molecule has 3 aromatic rings. The average Bonchev–Trinajstić information content (AvgIpc) is 3.16. The highest BCUT2D eigenvalue weighted by atomic mass is 35.5. The third-order valence-corrected chi connectivity index (χ3v) is 5.17. The number of hydrogen-bond donors (Lipinski definition) is 1. The lowest BCUT2D eigenvalue weighted by Crippen LogP contribution is -2.42. The first-order valence-corrected chi connectivity index (χ1v) is 11.1. The summed E-state index contributed by atoms with van der Waals surface area (Å²) < 4.78 is 1.62. The van der Waals surface area contributed by atoms with Crippen molar-refractivity contribution in [3.8, 4) is 16.9 Å². The number of halogens is 1. The topological polar surface area (TPSA) is 67.2 Å². The molecule has 0 radical (unpaired) electrons. The Morgan fingerprint density at radius 1 is 1.03 bits per heavy atom. The Morgan fingerprint density at radius 3 is 2.31 bits per heavy atom. The Morgan fingerprint density at radius 2 is 1.69 bits per heavy atom. The Hall–Kier alpha value is -3.12. The van der Waals surface area contributed by atoms with Gasteiger partial charge in [0, 0.05) is 24.1 Å². The van der Waals surface area contributed by atoms with Crippen LogP contribution in [0, 0.1) is 11.8 Å². The van der Waals surface area contributed by atoms with Crippen LogP contribution in [0.3, 0.4) is 0 Å². The first-order chi connectivity index (χ1) is 15.3. The van der Waals surface area contributed by atoms with Crippen molar-refractivity contribution in [1.82, 2.24) is 14.7 Å². The second-order valence-electron chi connectivity index (χ2n) is 8.46. The summed E-state index contributed by atoms with van der Waals surface area (Å²) in [6.45, 7) is 8.22. The Labute approximate surface area is 194 Å². The van der Waals surface area contributed by atoms with E-state index in [2.05, 4.69) is 5.32 Å². The molecule has 0 aliphatic heterocycles. The van der Waals surface area contributed by atoms with Crippen LogP contribution < -0.4 is 5.32 Å². The zero-order chi connectivity index (χ0) is 23.3. The molecule has 0 spiro atoms. The zero-order valence-corrected chi connectivity index (χ0v) is 19.6. The Kier molecular flexibility index (Phi) is 7.70. The van der Waals surface area contributed by atoms with Crippen molar-refractivity contribution < 1.29 is 9.59 Å². The number of nitrogens with one attached hydrogen (secondary N) is 1. The van der Waals surface area contributed by atoms with E-state index >= 15 is 0 Å². The van der Waals surface area contributed by atoms with Gasteiger partial charge in [0.15, 0.2) is 0 Å². The van der Waals surface area contributed by atoms with Crippen LogP contribution >= 0.6 is 11.6 Å². The quantitative estimate of drug-likeness (QED) is 0.506. The number of carbonyl (C=O) groups is 2. The number of rotatable bonds is 8. The highest BCUT2D eigenvalue weighted by Crippen LogP contribution is 2.28. The largest absolute Gasteiger partial charge is 0.333 e. The highest BCUT2D eigenvalue weighted by Gasteiger charge is 2.22. The van der Waals surface area contributed by atoms with E-state index in [-0.39, 0.29) is 30.2 Å². The lowest BCUT2D eigenvalue weighted by molar-refractivity contribution is -0.138. The smallest absolute Gasteiger partial charge is 0.245 e. The summed E-state index contributed by atoms with van der Waals surface area (Å²) in [6, 6.07) is 18.8. The van der Waals surface area contributed by atoms with Crippen molar-refractivity contribution >= 4 is 29.2 Å². The maximum absolute atomic E-state index is 13.0. The van der Waals surface area contributed by atoms with Crippen molar-refractivity contribution in [3.05, 3.63) is 65.7 Å². The van der Waals surface area contributed by atoms with E-state index in [1.165, 1.54) is 0 Å². The van der Waals surface area contributed by atoms with Gasteiger partial charge in [-0.25, -0.2) is 4.68 Å². The van der Waals surface area contributed by atoms with Gasteiger partial charge in [-0.3, -0.25) is 9.59 Å². The molecule has 2 amide bonds. The zero-order valence-electron chi connectivity index (χ0n) is 18.9. The fourth-order valence-corrected chi connectivity index (χ4v) is 3.64. The van der Waals surface area contributed by atoms with E-state index in [0.717, 1.165) is 5.56 Å². The molecule has 0 saturated heterocycles. The van der Waals surface area contributed by atoms with Gasteiger partial charge >= 0.3 is 0 Å². The van der Waals surface area contributed by atoms with E-state index in [9.17, 15) is 9.59 Å². The Bertz CT molecular complexity index is 1080. The first kappa shape index (κ1) is 23.5. The summed E-state index contributed by atoms with van der Waals surface area (Å²) in [5.74, 6) is 0.234. The average molecular weight is 453 g/mol. The van der Waals surface area contributed by atoms with Crippen LogP contribution in [-0.4, -0.2) is 39.6 Å². The number of carbonyl (C=O) groups excluding carboxylic acids is 2. The third-order valence-electron chi connectivity index (χ3n) is 4.85. The summed E-state index contributed by atoms with van der Waals surface area (Å²) in [5, 5.41) is 8.14. The molecule has 1 heterocycles. The number of nitrogens with zero attached hydrogens (tertiary/aromatic N) is 3. The van der Waals surface area contributed by atoms with Gasteiger partial charge in [0.2, 0.25) is 11.8 Å². The van der Waals surface area contributed by atoms with E-state index < -0.39 is 0 Å². The Balaban J connectivity index is 1.92. The molecule has 32 heavy (non-hydrogen) atoms. The minimum Gasteiger partial charge on any atom is -0.333 e. The molecule has 0 aliphatic rings. The van der Waals surface area contributed by atoms with Crippen LogP contribution in [0.4, 0.5) is 5.82 Å². The lowest BCUT2D eigenvalue weighted by atomic mass is 10.1. The van der Waals surface area contributed by atoms with E-state index in [1.54, 1.807) is 15.6 Å². The van der Waals surface area contributed by atoms with Gasteiger partial charge < -0.3 is 10.2 Å². The van der Waals surface area contributed by atoms with E-state index in [0.29, 0.717) is 28.8 Å². The van der Waals surface area contributed by atoms with Gasteiger partial charge in [0.05, 0.1) is 22.9 Å². The third kappa shape index (κ3) is 5.77. The predicted octanol–water partition coefficient (Wildman–Crippen LogP) is 5.27. The lowest BCUT2D eigenvalue weighted by Gasteiger charge is -2.25. The first-order valence-electron chi connectivity index (χ1n) is 10.7. The summed E-state index contributed by atoms with van der Waals surface area (Å²) in [5.41, 5.74) is 2.28. The van der Waals surface area contributed by atoms with Crippen LogP contribution in [0.15, 0.2) is 60.7 Å². The molecule has 7 heteroatoms. The summed E-state index contributed by atoms with van der Waals surface area (Å²) in [4.78, 5) is 27.2. The standard InChI is InChI=1S/C25H29ClN4O2/c1-17(2)15-29(25(32)18(3)4)16-24(31)27-23-14-21(19-10-6-5-7-11-19)28-30(23)22-13-9-8-12-20(22)26/h5-14,17-18H,15-16H2,1-4H3,(H,27,31). The molecule has 1 aromatic heterocycles. The molecule has 0 bridgehead atoms. The van der Waals surface area contributed by atoms with Crippen LogP contribution in [0.2, 0.25) is 5.02 Å². The molecule has 0 saturated carbocycles. The van der Waals surface area contributed by atoms with Gasteiger partial charge in [0.1, 0.15) is 5.82 Å². The summed E-state index contributed by atoms with van der Waals surface area (Å²) >= 11 is 6.41. The fraction of sp³-hybridized carbons (Fsp3) is 0.320. The number of hydrogen-bond acceptors (Lipinski definition) is 3. The minimum absolute atomic E-state index is 0.0242. The monoisotopic (exact) mass is 452 g/mol. The SMILES string of the molecule is CC(C)CN(CC(=O)Nc1cc(-c2ccccc2)nn1-c1ccccc1Cl)C(=O)C(C)C. The minimum atomic E-state index is -0.285. The molecule has 0 fully saturated rings. The van der Waals surface area contributed by atoms with Crippen molar-refractivity contribution in [1.29, 1.82) is 0 Å². The van der Waals surface area contributed by atoms with Crippen molar-refractivity contribution in [2.45, 2.75) is 27.7 Å². The number of benzene rings is 2. The summed E-state index contributed by atoms with van der Waals surface area (Å²) in [6.07, 6.45) is 0. The summed E-state index contributed by atoms with van der Waals surface area (Å²) in [7, 11) is 0. The molecule has 168 valence electrons. The van der Waals surface area contributed by atoms with Crippen LogP contribution in [0.5, 0.6) is 0 Å². The maximum atomic E-state index is 13.0. The molecule has 3 rings (SSSR count). The van der Waals surface area contributed by atoms with Crippen LogP contribution in [0.25, 0.3) is 16.9 Å². The number of amides is 2.